The van der Waals surface area contributed by atoms with Crippen molar-refractivity contribution in [3.05, 3.63) is 17.5 Å². The number of aliphatic hydroxyl groups is 1. The average molecular weight is 350 g/mol. The van der Waals surface area contributed by atoms with Gasteiger partial charge in [0.2, 0.25) is 0 Å². The average Bonchev–Trinajstić information content (AvgIpc) is 3.00. The van der Waals surface area contributed by atoms with Crippen LogP contribution in [0.4, 0.5) is 0 Å². The number of hydrogen-bond acceptors (Lipinski definition) is 5. The molecule has 0 aliphatic carbocycles. The molecule has 2 aliphatic heterocycles. The molecule has 1 unspecified atom stereocenters. The van der Waals surface area contributed by atoms with Crippen molar-refractivity contribution in [2.45, 2.75) is 64.7 Å². The third-order valence-corrected chi connectivity index (χ3v) is 5.92. The molecule has 2 saturated heterocycles. The number of likely N-dealkylation sites (tertiary alicyclic amines) is 1. The van der Waals surface area contributed by atoms with Gasteiger partial charge in [-0.05, 0) is 59.2 Å². The molecule has 3 rings (SSSR count). The lowest BCUT2D eigenvalue weighted by molar-refractivity contribution is -0.000341. The van der Waals surface area contributed by atoms with E-state index in [9.17, 15) is 5.11 Å². The first-order valence-corrected chi connectivity index (χ1v) is 9.90. The minimum Gasteiger partial charge on any atom is -0.396 e. The highest BCUT2D eigenvalue weighted by Gasteiger charge is 2.33. The second-order valence-electron chi connectivity index (χ2n) is 8.04. The smallest absolute Gasteiger partial charge is 0.0765 e. The Labute approximate surface area is 152 Å². The van der Waals surface area contributed by atoms with Crippen molar-refractivity contribution in [3.63, 3.8) is 0 Å². The van der Waals surface area contributed by atoms with Crippen molar-refractivity contribution in [2.24, 2.45) is 0 Å². The van der Waals surface area contributed by atoms with E-state index in [0.29, 0.717) is 18.1 Å². The number of aromatic nitrogens is 2. The summed E-state index contributed by atoms with van der Waals surface area (Å²) in [6, 6.07) is 3.94. The number of nitrogens with one attached hydrogen (secondary N) is 1. The molecular formula is C19H35N5O. The highest BCUT2D eigenvalue weighted by Crippen LogP contribution is 2.24. The second-order valence-corrected chi connectivity index (χ2v) is 8.04. The third-order valence-electron chi connectivity index (χ3n) is 5.92. The quantitative estimate of drug-likeness (QED) is 0.814. The summed E-state index contributed by atoms with van der Waals surface area (Å²) < 4.78 is 0. The Morgan fingerprint density at radius 3 is 2.60 bits per heavy atom. The minimum absolute atomic E-state index is 0.279. The van der Waals surface area contributed by atoms with Gasteiger partial charge < -0.3 is 10.0 Å². The zero-order valence-electron chi connectivity index (χ0n) is 16.1. The van der Waals surface area contributed by atoms with Crippen LogP contribution in [0.1, 0.15) is 44.5 Å². The second kappa shape index (κ2) is 8.62. The molecule has 6 nitrogen and oxygen atoms in total. The first-order valence-electron chi connectivity index (χ1n) is 9.90. The molecule has 2 aliphatic rings. The monoisotopic (exact) mass is 349 g/mol. The van der Waals surface area contributed by atoms with E-state index < -0.39 is 0 Å². The zero-order valence-corrected chi connectivity index (χ0v) is 16.1. The predicted octanol–water partition coefficient (Wildman–Crippen LogP) is 1.46. The van der Waals surface area contributed by atoms with Crippen LogP contribution in [0.2, 0.25) is 0 Å². The van der Waals surface area contributed by atoms with Crippen molar-refractivity contribution < 1.29 is 5.11 Å². The van der Waals surface area contributed by atoms with E-state index in [4.69, 9.17) is 0 Å². The van der Waals surface area contributed by atoms with Crippen LogP contribution in [-0.2, 0) is 6.54 Å². The van der Waals surface area contributed by atoms with Gasteiger partial charge in [-0.25, -0.2) is 0 Å². The van der Waals surface area contributed by atoms with E-state index in [1.54, 1.807) is 0 Å². The molecule has 0 aromatic carbocycles. The number of piperazine rings is 1. The van der Waals surface area contributed by atoms with Gasteiger partial charge in [0.15, 0.2) is 0 Å². The molecule has 0 bridgehead atoms. The number of nitrogens with zero attached hydrogens (tertiary/aromatic N) is 4. The summed E-state index contributed by atoms with van der Waals surface area (Å²) in [4.78, 5) is 7.78. The fourth-order valence-corrected chi connectivity index (χ4v) is 4.48. The van der Waals surface area contributed by atoms with Crippen molar-refractivity contribution in [1.82, 2.24) is 24.9 Å². The maximum Gasteiger partial charge on any atom is 0.0765 e. The highest BCUT2D eigenvalue weighted by atomic mass is 16.3. The van der Waals surface area contributed by atoms with Crippen LogP contribution in [0.5, 0.6) is 0 Å². The molecule has 0 radical (unpaired) electrons. The van der Waals surface area contributed by atoms with Crippen LogP contribution in [0.25, 0.3) is 0 Å². The van der Waals surface area contributed by atoms with Crippen LogP contribution < -0.4 is 0 Å². The Hall–Kier alpha value is -0.950. The van der Waals surface area contributed by atoms with Gasteiger partial charge in [-0.1, -0.05) is 0 Å². The number of piperidine rings is 1. The van der Waals surface area contributed by atoms with Crippen LogP contribution in [-0.4, -0.2) is 87.5 Å². The van der Waals surface area contributed by atoms with Gasteiger partial charge in [-0.3, -0.25) is 14.9 Å². The van der Waals surface area contributed by atoms with Gasteiger partial charge >= 0.3 is 0 Å². The number of aliphatic hydroxyl groups excluding tert-OH is 1. The summed E-state index contributed by atoms with van der Waals surface area (Å²) in [7, 11) is 0. The molecule has 1 aromatic rings. The van der Waals surface area contributed by atoms with Crippen LogP contribution in [0, 0.1) is 6.92 Å². The maximum absolute atomic E-state index is 9.56. The lowest BCUT2D eigenvalue weighted by Crippen LogP contribution is -2.58. The van der Waals surface area contributed by atoms with E-state index in [2.05, 4.69) is 44.8 Å². The minimum atomic E-state index is 0.279. The molecule has 0 spiro atoms. The van der Waals surface area contributed by atoms with Gasteiger partial charge in [-0.15, -0.1) is 0 Å². The Balaban J connectivity index is 1.56. The predicted molar refractivity (Wildman–Crippen MR) is 101 cm³/mol. The van der Waals surface area contributed by atoms with Crippen molar-refractivity contribution in [1.29, 1.82) is 0 Å². The Kier molecular flexibility index (Phi) is 6.49. The third kappa shape index (κ3) is 4.82. The van der Waals surface area contributed by atoms with Crippen LogP contribution in [0.15, 0.2) is 6.07 Å². The molecule has 1 aromatic heterocycles. The molecule has 1 atom stereocenters. The summed E-state index contributed by atoms with van der Waals surface area (Å²) in [6.07, 6.45) is 3.40. The van der Waals surface area contributed by atoms with Crippen molar-refractivity contribution in [2.75, 3.05) is 39.3 Å². The molecule has 25 heavy (non-hydrogen) atoms. The van der Waals surface area contributed by atoms with E-state index in [1.165, 1.54) is 25.9 Å². The Bertz CT molecular complexity index is 524. The molecule has 0 amide bonds. The van der Waals surface area contributed by atoms with Crippen molar-refractivity contribution in [3.8, 4) is 0 Å². The number of H-pyrrole nitrogens is 1. The number of aromatic amines is 1. The van der Waals surface area contributed by atoms with Crippen LogP contribution in [0.3, 0.4) is 0 Å². The lowest BCUT2D eigenvalue weighted by atomic mass is 9.97. The number of rotatable bonds is 6. The van der Waals surface area contributed by atoms with E-state index in [0.717, 1.165) is 44.0 Å². The van der Waals surface area contributed by atoms with Crippen LogP contribution >= 0.6 is 0 Å². The van der Waals surface area contributed by atoms with Gasteiger partial charge in [0.05, 0.1) is 5.69 Å². The fraction of sp³-hybridized carbons (Fsp3) is 0.842. The summed E-state index contributed by atoms with van der Waals surface area (Å²) in [5.41, 5.74) is 2.25. The molecule has 6 heteroatoms. The SMILES string of the molecule is Cc1cc(CN2CCN(C3CCN(C(C)C)CC3)C(CCO)C2)n[nH]1. The summed E-state index contributed by atoms with van der Waals surface area (Å²) in [5.74, 6) is 0. The summed E-state index contributed by atoms with van der Waals surface area (Å²) in [6.45, 7) is 13.5. The Morgan fingerprint density at radius 1 is 1.24 bits per heavy atom. The normalized spacial score (nSPS) is 25.1. The standard InChI is InChI=1S/C19H35N5O/c1-15(2)23-7-4-18(5-8-23)24-10-9-22(14-19(24)6-11-25)13-17-12-16(3)20-21-17/h12,15,18-19,25H,4-11,13-14H2,1-3H3,(H,20,21). The fourth-order valence-electron chi connectivity index (χ4n) is 4.48. The van der Waals surface area contributed by atoms with Gasteiger partial charge in [0.1, 0.15) is 0 Å². The van der Waals surface area contributed by atoms with E-state index in [-0.39, 0.29) is 6.61 Å². The molecule has 3 heterocycles. The first kappa shape index (κ1) is 18.8. The number of aryl methyl sites for hydroxylation is 1. The lowest BCUT2D eigenvalue weighted by Gasteiger charge is -2.48. The topological polar surface area (TPSA) is 58.6 Å². The number of hydrogen-bond donors (Lipinski definition) is 2. The summed E-state index contributed by atoms with van der Waals surface area (Å²) in [5, 5.41) is 17.0. The first-order chi connectivity index (χ1) is 12.1. The molecule has 0 saturated carbocycles. The molecular weight excluding hydrogens is 314 g/mol. The van der Waals surface area contributed by atoms with Gasteiger partial charge in [0, 0.05) is 56.6 Å². The summed E-state index contributed by atoms with van der Waals surface area (Å²) >= 11 is 0. The maximum atomic E-state index is 9.56. The largest absolute Gasteiger partial charge is 0.396 e. The van der Waals surface area contributed by atoms with E-state index in [1.807, 2.05) is 6.92 Å². The van der Waals surface area contributed by atoms with Gasteiger partial charge in [0.25, 0.3) is 0 Å². The van der Waals surface area contributed by atoms with Crippen molar-refractivity contribution >= 4 is 0 Å². The molecule has 142 valence electrons. The van der Waals surface area contributed by atoms with Gasteiger partial charge in [-0.2, -0.15) is 5.10 Å². The zero-order chi connectivity index (χ0) is 17.8. The highest BCUT2D eigenvalue weighted by molar-refractivity contribution is 5.07. The molecule has 2 N–H and O–H groups in total. The Morgan fingerprint density at radius 2 is 2.00 bits per heavy atom. The molecule has 2 fully saturated rings. The van der Waals surface area contributed by atoms with E-state index >= 15 is 0 Å².